The lowest BCUT2D eigenvalue weighted by Crippen LogP contribution is -2.54. The molecule has 0 aromatic rings. The van der Waals surface area contributed by atoms with Gasteiger partial charge in [0.15, 0.2) is 0 Å². The van der Waals surface area contributed by atoms with Gasteiger partial charge in [0.2, 0.25) is 5.91 Å². The monoisotopic (exact) mass is 501 g/mol. The van der Waals surface area contributed by atoms with Crippen LogP contribution in [-0.2, 0) is 9.53 Å². The van der Waals surface area contributed by atoms with Crippen LogP contribution in [0.25, 0.3) is 0 Å². The number of amidine groups is 1. The number of nitrogens with two attached hydrogens (primary N) is 2. The van der Waals surface area contributed by atoms with Crippen molar-refractivity contribution in [2.75, 3.05) is 20.3 Å². The van der Waals surface area contributed by atoms with E-state index in [4.69, 9.17) is 21.6 Å². The second-order valence-corrected chi connectivity index (χ2v) is 13.0. The summed E-state index contributed by atoms with van der Waals surface area (Å²) >= 11 is 0. The molecule has 7 nitrogen and oxygen atoms in total. The zero-order valence-electron chi connectivity index (χ0n) is 22.5. The Kier molecular flexibility index (Phi) is 8.58. The third-order valence-electron chi connectivity index (χ3n) is 11.0. The second-order valence-electron chi connectivity index (χ2n) is 13.0. The Morgan fingerprint density at radius 1 is 0.972 bits per heavy atom. The molecule has 0 spiro atoms. The van der Waals surface area contributed by atoms with Gasteiger partial charge in [-0.3, -0.25) is 15.1 Å². The molecule has 5 aliphatic rings. The topological polar surface area (TPSA) is 117 Å². The van der Waals surface area contributed by atoms with E-state index in [1.165, 1.54) is 44.9 Å². The number of likely N-dealkylation sites (tertiary alicyclic amines) is 1. The largest absolute Gasteiger partial charge is 0.387 e. The summed E-state index contributed by atoms with van der Waals surface area (Å²) in [6, 6.07) is 0.716. The van der Waals surface area contributed by atoms with Crippen LogP contribution in [0.4, 0.5) is 0 Å². The van der Waals surface area contributed by atoms with Crippen molar-refractivity contribution in [3.63, 3.8) is 0 Å². The lowest BCUT2D eigenvalue weighted by atomic mass is 9.65. The van der Waals surface area contributed by atoms with Gasteiger partial charge < -0.3 is 21.5 Å². The van der Waals surface area contributed by atoms with Crippen molar-refractivity contribution in [2.24, 2.45) is 47.0 Å². The van der Waals surface area contributed by atoms with Gasteiger partial charge in [-0.25, -0.2) is 0 Å². The molecule has 4 saturated carbocycles. The maximum absolute atomic E-state index is 14.1. The van der Waals surface area contributed by atoms with Gasteiger partial charge in [-0.15, -0.1) is 0 Å². The number of ether oxygens (including phenoxy) is 1. The highest BCUT2D eigenvalue weighted by Gasteiger charge is 2.54. The van der Waals surface area contributed by atoms with Crippen LogP contribution < -0.4 is 16.8 Å². The van der Waals surface area contributed by atoms with Gasteiger partial charge >= 0.3 is 0 Å². The molecule has 0 bridgehead atoms. The standard InChI is InChI=1S/C29H51N5O2/c1-36-17-25-24-14-9-19(28(31)32)15-26(24)34(16-20-7-4-6-18-5-2-3-8-23(18)20)27(25)29(35)33-22-12-10-21(30)11-13-22/h18-27H,2-17,30H2,1H3,(H3,31,32)(H,33,35). The number of carbonyl (C=O) groups is 1. The fourth-order valence-electron chi connectivity index (χ4n) is 9.14. The first-order valence-corrected chi connectivity index (χ1v) is 15.1. The molecule has 0 aromatic carbocycles. The van der Waals surface area contributed by atoms with Crippen LogP contribution in [0.5, 0.6) is 0 Å². The molecule has 7 heteroatoms. The number of fused-ring (bicyclic) bond motifs is 2. The predicted molar refractivity (Wildman–Crippen MR) is 144 cm³/mol. The van der Waals surface area contributed by atoms with E-state index in [2.05, 4.69) is 10.2 Å². The zero-order chi connectivity index (χ0) is 25.2. The first-order valence-electron chi connectivity index (χ1n) is 15.1. The van der Waals surface area contributed by atoms with E-state index >= 15 is 0 Å². The van der Waals surface area contributed by atoms with Crippen LogP contribution in [0.3, 0.4) is 0 Å². The lowest BCUT2D eigenvalue weighted by Gasteiger charge is -2.45. The van der Waals surface area contributed by atoms with Crippen LogP contribution in [0.15, 0.2) is 0 Å². The third kappa shape index (κ3) is 5.49. The van der Waals surface area contributed by atoms with Crippen molar-refractivity contribution in [3.05, 3.63) is 0 Å². The van der Waals surface area contributed by atoms with E-state index in [1.54, 1.807) is 7.11 Å². The van der Waals surface area contributed by atoms with Crippen molar-refractivity contribution in [1.82, 2.24) is 10.2 Å². The van der Waals surface area contributed by atoms with Gasteiger partial charge in [-0.2, -0.15) is 0 Å². The number of nitrogens with one attached hydrogen (secondary N) is 2. The maximum atomic E-state index is 14.1. The normalized spacial score (nSPS) is 43.4. The molecular formula is C29H51N5O2. The summed E-state index contributed by atoms with van der Waals surface area (Å²) in [4.78, 5) is 16.7. The summed E-state index contributed by atoms with van der Waals surface area (Å²) in [6.45, 7) is 1.66. The molecule has 5 fully saturated rings. The molecule has 204 valence electrons. The van der Waals surface area contributed by atoms with Gasteiger partial charge in [0, 0.05) is 43.6 Å². The SMILES string of the molecule is COCC1C2CCC(C(=N)N)CC2N(CC2CCCC3CCCCC32)C1C(=O)NC1CCC(N)CC1. The van der Waals surface area contributed by atoms with Gasteiger partial charge in [0.25, 0.3) is 0 Å². The summed E-state index contributed by atoms with van der Waals surface area (Å²) < 4.78 is 5.77. The van der Waals surface area contributed by atoms with Gasteiger partial charge in [0.05, 0.1) is 18.5 Å². The third-order valence-corrected chi connectivity index (χ3v) is 11.0. The number of nitrogens with zero attached hydrogens (tertiary/aromatic N) is 1. The molecule has 36 heavy (non-hydrogen) atoms. The Morgan fingerprint density at radius 3 is 2.47 bits per heavy atom. The molecule has 0 radical (unpaired) electrons. The quantitative estimate of drug-likeness (QED) is 0.314. The number of carbonyl (C=O) groups excluding carboxylic acids is 1. The highest BCUT2D eigenvalue weighted by molar-refractivity contribution is 5.83. The van der Waals surface area contributed by atoms with Crippen molar-refractivity contribution in [3.8, 4) is 0 Å². The number of methoxy groups -OCH3 is 1. The summed E-state index contributed by atoms with van der Waals surface area (Å²) in [6.07, 6.45) is 16.5. The van der Waals surface area contributed by atoms with E-state index in [9.17, 15) is 4.79 Å². The lowest BCUT2D eigenvalue weighted by molar-refractivity contribution is -0.129. The van der Waals surface area contributed by atoms with Crippen LogP contribution in [0.1, 0.15) is 89.9 Å². The minimum Gasteiger partial charge on any atom is -0.387 e. The molecule has 1 aliphatic heterocycles. The Bertz CT molecular complexity index is 767. The van der Waals surface area contributed by atoms with E-state index in [1.807, 2.05) is 0 Å². The van der Waals surface area contributed by atoms with E-state index in [0.717, 1.165) is 63.3 Å². The summed E-state index contributed by atoms with van der Waals surface area (Å²) in [5.74, 6) is 3.74. The smallest absolute Gasteiger partial charge is 0.237 e. The number of hydrogen-bond acceptors (Lipinski definition) is 5. The molecule has 4 aliphatic carbocycles. The van der Waals surface area contributed by atoms with Crippen molar-refractivity contribution in [2.45, 2.75) is 114 Å². The molecule has 6 N–H and O–H groups in total. The molecule has 1 saturated heterocycles. The van der Waals surface area contributed by atoms with E-state index in [0.29, 0.717) is 30.3 Å². The molecule has 8 atom stereocenters. The second kappa shape index (κ2) is 11.7. The van der Waals surface area contributed by atoms with Gasteiger partial charge in [-0.05, 0) is 81.5 Å². The van der Waals surface area contributed by atoms with Gasteiger partial charge in [0.1, 0.15) is 0 Å². The first kappa shape index (κ1) is 26.4. The molecule has 8 unspecified atom stereocenters. The molecule has 1 heterocycles. The Morgan fingerprint density at radius 2 is 1.72 bits per heavy atom. The number of hydrogen-bond donors (Lipinski definition) is 4. The van der Waals surface area contributed by atoms with Crippen molar-refractivity contribution >= 4 is 11.7 Å². The van der Waals surface area contributed by atoms with E-state index < -0.39 is 0 Å². The zero-order valence-corrected chi connectivity index (χ0v) is 22.5. The van der Waals surface area contributed by atoms with Gasteiger partial charge in [-0.1, -0.05) is 32.1 Å². The maximum Gasteiger partial charge on any atom is 0.237 e. The minimum atomic E-state index is -0.134. The fraction of sp³-hybridized carbons (Fsp3) is 0.931. The highest BCUT2D eigenvalue weighted by Crippen LogP contribution is 2.49. The van der Waals surface area contributed by atoms with Crippen LogP contribution >= 0.6 is 0 Å². The van der Waals surface area contributed by atoms with Crippen LogP contribution in [0, 0.1) is 40.9 Å². The molecular weight excluding hydrogens is 450 g/mol. The first-order chi connectivity index (χ1) is 17.5. The molecule has 1 amide bonds. The van der Waals surface area contributed by atoms with E-state index in [-0.39, 0.29) is 35.9 Å². The van der Waals surface area contributed by atoms with Crippen molar-refractivity contribution < 1.29 is 9.53 Å². The van der Waals surface area contributed by atoms with Crippen LogP contribution in [-0.4, -0.2) is 61.1 Å². The molecule has 0 aromatic heterocycles. The number of rotatable bonds is 7. The highest BCUT2D eigenvalue weighted by atomic mass is 16.5. The van der Waals surface area contributed by atoms with Crippen LogP contribution in [0.2, 0.25) is 0 Å². The molecule has 5 rings (SSSR count). The Hall–Kier alpha value is -1.18. The predicted octanol–water partition coefficient (Wildman–Crippen LogP) is 3.65. The fourth-order valence-corrected chi connectivity index (χ4v) is 9.14. The minimum absolute atomic E-state index is 0.134. The van der Waals surface area contributed by atoms with Crippen molar-refractivity contribution in [1.29, 1.82) is 5.41 Å². The Balaban J connectivity index is 1.39. The average molecular weight is 502 g/mol. The summed E-state index contributed by atoms with van der Waals surface area (Å²) in [5, 5.41) is 11.7. The summed E-state index contributed by atoms with van der Waals surface area (Å²) in [7, 11) is 1.78. The Labute approximate surface area is 218 Å². The average Bonchev–Trinajstić information content (AvgIpc) is 3.18. The summed E-state index contributed by atoms with van der Waals surface area (Å²) in [5.41, 5.74) is 12.2. The number of amides is 1.